The minimum Gasteiger partial charge on any atom is -0.427 e. The van der Waals surface area contributed by atoms with Crippen LogP contribution in [0, 0.1) is 0 Å². The number of fused-ring (bicyclic) bond motifs is 1. The van der Waals surface area contributed by atoms with E-state index >= 15 is 0 Å². The van der Waals surface area contributed by atoms with Gasteiger partial charge in [0.15, 0.2) is 6.73 Å². The lowest BCUT2D eigenvalue weighted by Gasteiger charge is -2.12. The second-order valence-corrected chi connectivity index (χ2v) is 5.63. The number of nitrogens with zero attached hydrogens (tertiary/aromatic N) is 3. The number of hydrogen-bond acceptors (Lipinski definition) is 6. The Labute approximate surface area is 146 Å². The fraction of sp³-hybridized carbons (Fsp3) is 0.0588. The Kier molecular flexibility index (Phi) is 3.70. The van der Waals surface area contributed by atoms with Crippen LogP contribution in [-0.2, 0) is 0 Å². The van der Waals surface area contributed by atoms with Crippen molar-refractivity contribution in [3.63, 3.8) is 0 Å². The SMILES string of the molecule is O=C1c2ccccc2C(=O)N1COc1nc(-c2ccccc2Cl)no1. The standard InChI is InChI=1S/C17H10ClN3O4/c18-13-8-4-3-7-12(13)14-19-17(25-20-14)24-9-21-15(22)10-5-1-2-6-11(10)16(21)23/h1-8H,9H2. The van der Waals surface area contributed by atoms with Gasteiger partial charge in [0, 0.05) is 5.56 Å². The normalized spacial score (nSPS) is 13.2. The first-order valence-electron chi connectivity index (χ1n) is 7.32. The molecule has 0 bridgehead atoms. The number of imide groups is 1. The summed E-state index contributed by atoms with van der Waals surface area (Å²) in [6.07, 6.45) is -0.161. The van der Waals surface area contributed by atoms with E-state index in [9.17, 15) is 9.59 Å². The van der Waals surface area contributed by atoms with Gasteiger partial charge in [0.1, 0.15) is 0 Å². The van der Waals surface area contributed by atoms with E-state index in [0.717, 1.165) is 4.90 Å². The first kappa shape index (κ1) is 15.3. The Balaban J connectivity index is 1.49. The molecule has 0 saturated carbocycles. The Bertz CT molecular complexity index is 950. The number of rotatable bonds is 4. The van der Waals surface area contributed by atoms with Crippen molar-refractivity contribution in [1.29, 1.82) is 0 Å². The summed E-state index contributed by atoms with van der Waals surface area (Å²) in [6.45, 7) is -0.323. The van der Waals surface area contributed by atoms with Crippen molar-refractivity contribution in [3.05, 3.63) is 64.7 Å². The summed E-state index contributed by atoms with van der Waals surface area (Å²) in [5.74, 6) is -0.596. The third kappa shape index (κ3) is 2.64. The molecule has 1 aliphatic rings. The molecule has 3 aromatic rings. The van der Waals surface area contributed by atoms with E-state index in [1.165, 1.54) is 0 Å². The fourth-order valence-electron chi connectivity index (χ4n) is 2.50. The summed E-state index contributed by atoms with van der Waals surface area (Å²) in [5, 5.41) is 4.25. The molecule has 0 fully saturated rings. The smallest absolute Gasteiger partial charge is 0.419 e. The quantitative estimate of drug-likeness (QED) is 0.669. The second kappa shape index (κ2) is 6.03. The Morgan fingerprint density at radius 3 is 2.20 bits per heavy atom. The summed E-state index contributed by atoms with van der Waals surface area (Å²) in [5.41, 5.74) is 1.28. The zero-order chi connectivity index (χ0) is 17.4. The lowest BCUT2D eigenvalue weighted by Crippen LogP contribution is -2.33. The van der Waals surface area contributed by atoms with Crippen LogP contribution in [0.4, 0.5) is 0 Å². The van der Waals surface area contributed by atoms with Crippen LogP contribution in [0.2, 0.25) is 5.02 Å². The number of halogens is 1. The summed E-state index contributed by atoms with van der Waals surface area (Å²) >= 11 is 6.08. The third-order valence-corrected chi connectivity index (χ3v) is 4.05. The predicted molar refractivity (Wildman–Crippen MR) is 87.2 cm³/mol. The maximum atomic E-state index is 12.2. The number of carbonyl (C=O) groups is 2. The molecule has 1 aromatic heterocycles. The number of amides is 2. The molecule has 0 radical (unpaired) electrons. The zero-order valence-corrected chi connectivity index (χ0v) is 13.4. The highest BCUT2D eigenvalue weighted by Crippen LogP contribution is 2.27. The van der Waals surface area contributed by atoms with Crippen LogP contribution in [0.1, 0.15) is 20.7 Å². The van der Waals surface area contributed by atoms with Gasteiger partial charge in [-0.25, -0.2) is 4.90 Å². The van der Waals surface area contributed by atoms with Crippen LogP contribution >= 0.6 is 11.6 Å². The Morgan fingerprint density at radius 1 is 0.960 bits per heavy atom. The van der Waals surface area contributed by atoms with Crippen molar-refractivity contribution >= 4 is 23.4 Å². The molecule has 4 rings (SSSR count). The van der Waals surface area contributed by atoms with Crippen LogP contribution < -0.4 is 4.74 Å². The van der Waals surface area contributed by atoms with Crippen molar-refractivity contribution in [2.24, 2.45) is 0 Å². The number of ether oxygens (including phenoxy) is 1. The molecule has 0 N–H and O–H groups in total. The van der Waals surface area contributed by atoms with Crippen molar-refractivity contribution in [2.45, 2.75) is 0 Å². The molecular formula is C17H10ClN3O4. The van der Waals surface area contributed by atoms with Crippen LogP contribution in [0.5, 0.6) is 6.08 Å². The second-order valence-electron chi connectivity index (χ2n) is 5.22. The Hall–Kier alpha value is -3.19. The topological polar surface area (TPSA) is 85.5 Å². The average Bonchev–Trinajstić information content (AvgIpc) is 3.19. The molecule has 0 unspecified atom stereocenters. The monoisotopic (exact) mass is 355 g/mol. The van der Waals surface area contributed by atoms with Crippen LogP contribution in [0.15, 0.2) is 53.1 Å². The third-order valence-electron chi connectivity index (χ3n) is 3.72. The minimum absolute atomic E-state index is 0.161. The van der Waals surface area contributed by atoms with Crippen LogP contribution in [-0.4, -0.2) is 33.6 Å². The van der Waals surface area contributed by atoms with Crippen molar-refractivity contribution in [3.8, 4) is 17.5 Å². The molecule has 8 heteroatoms. The van der Waals surface area contributed by atoms with E-state index in [4.69, 9.17) is 20.9 Å². The van der Waals surface area contributed by atoms with Crippen molar-refractivity contribution < 1.29 is 18.8 Å². The molecular weight excluding hydrogens is 346 g/mol. The maximum absolute atomic E-state index is 12.2. The van der Waals surface area contributed by atoms with E-state index < -0.39 is 11.8 Å². The summed E-state index contributed by atoms with van der Waals surface area (Å²) in [6, 6.07) is 13.6. The zero-order valence-electron chi connectivity index (χ0n) is 12.7. The first-order valence-corrected chi connectivity index (χ1v) is 7.69. The molecule has 0 spiro atoms. The van der Waals surface area contributed by atoms with E-state index in [1.54, 1.807) is 48.5 Å². The van der Waals surface area contributed by atoms with E-state index in [0.29, 0.717) is 21.7 Å². The molecule has 2 amide bonds. The predicted octanol–water partition coefficient (Wildman–Crippen LogP) is 3.02. The van der Waals surface area contributed by atoms with Gasteiger partial charge < -0.3 is 4.74 Å². The molecule has 0 atom stereocenters. The summed E-state index contributed by atoms with van der Waals surface area (Å²) in [7, 11) is 0. The number of aromatic nitrogens is 2. The molecule has 7 nitrogen and oxygen atoms in total. The van der Waals surface area contributed by atoms with Gasteiger partial charge in [0.2, 0.25) is 5.82 Å². The Morgan fingerprint density at radius 2 is 1.56 bits per heavy atom. The average molecular weight is 356 g/mol. The van der Waals surface area contributed by atoms with Gasteiger partial charge in [-0.15, -0.1) is 0 Å². The fourth-order valence-corrected chi connectivity index (χ4v) is 2.72. The molecule has 0 aliphatic carbocycles. The van der Waals surface area contributed by atoms with Gasteiger partial charge in [0.25, 0.3) is 11.8 Å². The number of carbonyl (C=O) groups excluding carboxylic acids is 2. The molecule has 2 aromatic carbocycles. The highest BCUT2D eigenvalue weighted by Gasteiger charge is 2.35. The van der Waals surface area contributed by atoms with Crippen molar-refractivity contribution in [1.82, 2.24) is 15.0 Å². The van der Waals surface area contributed by atoms with Gasteiger partial charge in [-0.1, -0.05) is 41.0 Å². The van der Waals surface area contributed by atoms with Gasteiger partial charge in [-0.05, 0) is 24.3 Å². The maximum Gasteiger partial charge on any atom is 0.419 e. The van der Waals surface area contributed by atoms with Gasteiger partial charge >= 0.3 is 6.08 Å². The summed E-state index contributed by atoms with van der Waals surface area (Å²) < 4.78 is 10.3. The van der Waals surface area contributed by atoms with E-state index in [-0.39, 0.29) is 18.6 Å². The number of benzene rings is 2. The molecule has 1 aliphatic heterocycles. The molecule has 2 heterocycles. The van der Waals surface area contributed by atoms with Gasteiger partial charge in [-0.3, -0.25) is 14.1 Å². The molecule has 124 valence electrons. The van der Waals surface area contributed by atoms with Crippen LogP contribution in [0.25, 0.3) is 11.4 Å². The highest BCUT2D eigenvalue weighted by molar-refractivity contribution is 6.33. The number of hydrogen-bond donors (Lipinski definition) is 0. The van der Waals surface area contributed by atoms with E-state index in [1.807, 2.05) is 0 Å². The lowest BCUT2D eigenvalue weighted by atomic mass is 10.1. The molecule has 0 saturated heterocycles. The van der Waals surface area contributed by atoms with Gasteiger partial charge in [-0.2, -0.15) is 4.98 Å². The molecule has 25 heavy (non-hydrogen) atoms. The summed E-state index contributed by atoms with van der Waals surface area (Å²) in [4.78, 5) is 29.5. The van der Waals surface area contributed by atoms with Crippen molar-refractivity contribution in [2.75, 3.05) is 6.73 Å². The van der Waals surface area contributed by atoms with E-state index in [2.05, 4.69) is 10.1 Å². The highest BCUT2D eigenvalue weighted by atomic mass is 35.5. The largest absolute Gasteiger partial charge is 0.427 e. The van der Waals surface area contributed by atoms with Gasteiger partial charge in [0.05, 0.1) is 16.1 Å². The lowest BCUT2D eigenvalue weighted by molar-refractivity contribution is 0.0469. The van der Waals surface area contributed by atoms with Crippen LogP contribution in [0.3, 0.4) is 0 Å². The minimum atomic E-state index is -0.425. The first-order chi connectivity index (χ1) is 12.1.